The number of rotatable bonds is 5. The zero-order valence-corrected chi connectivity index (χ0v) is 14.6. The molecule has 128 valence electrons. The topological polar surface area (TPSA) is 53.1 Å². The van der Waals surface area contributed by atoms with Crippen LogP contribution in [0.3, 0.4) is 0 Å². The summed E-state index contributed by atoms with van der Waals surface area (Å²) in [5.74, 6) is -0.0963. The van der Waals surface area contributed by atoms with Gasteiger partial charge in [-0.15, -0.1) is 0 Å². The molecule has 0 spiro atoms. The summed E-state index contributed by atoms with van der Waals surface area (Å²) in [7, 11) is 0. The third-order valence-corrected chi connectivity index (χ3v) is 4.74. The molecule has 0 saturated carbocycles. The van der Waals surface area contributed by atoms with Crippen LogP contribution >= 0.6 is 12.2 Å². The van der Waals surface area contributed by atoms with E-state index in [2.05, 4.69) is 15.2 Å². The number of H-pyrrole nitrogens is 1. The van der Waals surface area contributed by atoms with Crippen molar-refractivity contribution in [3.63, 3.8) is 0 Å². The predicted octanol–water partition coefficient (Wildman–Crippen LogP) is 3.14. The van der Waals surface area contributed by atoms with Crippen LogP contribution in [0.4, 0.5) is 0 Å². The molecule has 0 atom stereocenters. The van der Waals surface area contributed by atoms with Crippen LogP contribution in [-0.2, 0) is 0 Å². The summed E-state index contributed by atoms with van der Waals surface area (Å²) in [5.41, 5.74) is 1.43. The van der Waals surface area contributed by atoms with Gasteiger partial charge in [0.15, 0.2) is 4.77 Å². The van der Waals surface area contributed by atoms with E-state index in [4.69, 9.17) is 12.2 Å². The standard InChI is InChI=1S/C18H24N4OS/c23-17(19-10-13-21-11-6-1-2-7-12-21)16-14-20-18(24)22(16)15-8-4-3-5-9-15/h3-5,8-9,14H,1-2,6-7,10-13H2,(H,19,23)(H,20,24). The molecule has 1 fully saturated rings. The SMILES string of the molecule is O=C(NCCN1CCCCCC1)c1c[nH]c(=S)n1-c1ccccc1. The fraction of sp³-hybridized carbons (Fsp3) is 0.444. The minimum absolute atomic E-state index is 0.0963. The van der Waals surface area contributed by atoms with Crippen LogP contribution in [0.5, 0.6) is 0 Å². The Morgan fingerprint density at radius 3 is 2.54 bits per heavy atom. The number of carbonyl (C=O) groups is 1. The number of likely N-dealkylation sites (tertiary alicyclic amines) is 1. The van der Waals surface area contributed by atoms with Gasteiger partial charge in [0.25, 0.3) is 5.91 Å². The van der Waals surface area contributed by atoms with Gasteiger partial charge in [0, 0.05) is 25.0 Å². The van der Waals surface area contributed by atoms with Crippen molar-refractivity contribution in [3.8, 4) is 5.69 Å². The molecule has 2 heterocycles. The number of aromatic amines is 1. The van der Waals surface area contributed by atoms with Crippen molar-refractivity contribution in [2.45, 2.75) is 25.7 Å². The number of nitrogens with one attached hydrogen (secondary N) is 2. The van der Waals surface area contributed by atoms with Gasteiger partial charge in [0.05, 0.1) is 0 Å². The molecule has 0 bridgehead atoms. The summed E-state index contributed by atoms with van der Waals surface area (Å²) in [4.78, 5) is 18.0. The molecule has 6 heteroatoms. The molecule has 3 rings (SSSR count). The van der Waals surface area contributed by atoms with Gasteiger partial charge in [-0.3, -0.25) is 9.36 Å². The molecule has 0 aliphatic carbocycles. The average molecular weight is 344 g/mol. The monoisotopic (exact) mass is 344 g/mol. The first kappa shape index (κ1) is 16.9. The first-order valence-electron chi connectivity index (χ1n) is 8.62. The Kier molecular flexibility index (Phi) is 5.82. The number of hydrogen-bond acceptors (Lipinski definition) is 3. The lowest BCUT2D eigenvalue weighted by molar-refractivity contribution is 0.0941. The summed E-state index contributed by atoms with van der Waals surface area (Å²) in [6, 6.07) is 9.70. The summed E-state index contributed by atoms with van der Waals surface area (Å²) < 4.78 is 2.30. The van der Waals surface area contributed by atoms with Crippen molar-refractivity contribution in [2.75, 3.05) is 26.2 Å². The van der Waals surface area contributed by atoms with Gasteiger partial charge in [-0.05, 0) is 50.3 Å². The lowest BCUT2D eigenvalue weighted by Crippen LogP contribution is -2.36. The van der Waals surface area contributed by atoms with Gasteiger partial charge in [0.2, 0.25) is 0 Å². The number of carbonyl (C=O) groups excluding carboxylic acids is 1. The third-order valence-electron chi connectivity index (χ3n) is 4.44. The van der Waals surface area contributed by atoms with E-state index in [0.29, 0.717) is 17.0 Å². The van der Waals surface area contributed by atoms with E-state index in [1.54, 1.807) is 10.8 Å². The second-order valence-electron chi connectivity index (χ2n) is 6.16. The Morgan fingerprint density at radius 2 is 1.83 bits per heavy atom. The maximum atomic E-state index is 12.5. The first-order chi connectivity index (χ1) is 11.8. The van der Waals surface area contributed by atoms with E-state index in [1.807, 2.05) is 30.3 Å². The van der Waals surface area contributed by atoms with Crippen molar-refractivity contribution in [3.05, 3.63) is 47.0 Å². The van der Waals surface area contributed by atoms with Gasteiger partial charge in [0.1, 0.15) is 5.69 Å². The summed E-state index contributed by atoms with van der Waals surface area (Å²) in [5, 5.41) is 3.02. The van der Waals surface area contributed by atoms with Gasteiger partial charge in [-0.2, -0.15) is 0 Å². The van der Waals surface area contributed by atoms with Crippen LogP contribution in [0, 0.1) is 4.77 Å². The zero-order valence-electron chi connectivity index (χ0n) is 13.8. The minimum Gasteiger partial charge on any atom is -0.349 e. The predicted molar refractivity (Wildman–Crippen MR) is 98.2 cm³/mol. The first-order valence-corrected chi connectivity index (χ1v) is 9.03. The van der Waals surface area contributed by atoms with E-state index in [9.17, 15) is 4.79 Å². The van der Waals surface area contributed by atoms with Gasteiger partial charge in [-0.25, -0.2) is 0 Å². The average Bonchev–Trinajstić information content (AvgIpc) is 2.81. The van der Waals surface area contributed by atoms with Crippen LogP contribution in [-0.4, -0.2) is 46.5 Å². The number of para-hydroxylation sites is 1. The van der Waals surface area contributed by atoms with Crippen LogP contribution in [0.1, 0.15) is 36.2 Å². The van der Waals surface area contributed by atoms with E-state index < -0.39 is 0 Å². The highest BCUT2D eigenvalue weighted by molar-refractivity contribution is 7.71. The second-order valence-corrected chi connectivity index (χ2v) is 6.55. The second kappa shape index (κ2) is 8.26. The third kappa shape index (κ3) is 4.13. The maximum absolute atomic E-state index is 12.5. The van der Waals surface area contributed by atoms with Crippen molar-refractivity contribution in [1.29, 1.82) is 0 Å². The molecule has 1 amide bonds. The maximum Gasteiger partial charge on any atom is 0.269 e. The largest absolute Gasteiger partial charge is 0.349 e. The smallest absolute Gasteiger partial charge is 0.269 e. The summed E-state index contributed by atoms with van der Waals surface area (Å²) >= 11 is 5.32. The van der Waals surface area contributed by atoms with Crippen LogP contribution in [0.2, 0.25) is 0 Å². The summed E-state index contributed by atoms with van der Waals surface area (Å²) in [6.45, 7) is 3.84. The molecule has 0 radical (unpaired) electrons. The Labute approximate surface area is 147 Å². The Bertz CT molecular complexity index is 714. The van der Waals surface area contributed by atoms with E-state index in [-0.39, 0.29) is 5.91 Å². The highest BCUT2D eigenvalue weighted by Gasteiger charge is 2.15. The number of hydrogen-bond donors (Lipinski definition) is 2. The highest BCUT2D eigenvalue weighted by Crippen LogP contribution is 2.12. The zero-order chi connectivity index (χ0) is 16.8. The van der Waals surface area contributed by atoms with Crippen LogP contribution < -0.4 is 5.32 Å². The quantitative estimate of drug-likeness (QED) is 0.820. The lowest BCUT2D eigenvalue weighted by Gasteiger charge is -2.19. The molecule has 2 aromatic rings. The van der Waals surface area contributed by atoms with Crippen LogP contribution in [0.15, 0.2) is 36.5 Å². The van der Waals surface area contributed by atoms with E-state index >= 15 is 0 Å². The fourth-order valence-corrected chi connectivity index (χ4v) is 3.41. The highest BCUT2D eigenvalue weighted by atomic mass is 32.1. The molecule has 1 aromatic heterocycles. The van der Waals surface area contributed by atoms with Crippen LogP contribution in [0.25, 0.3) is 5.69 Å². The van der Waals surface area contributed by atoms with Crippen molar-refractivity contribution in [1.82, 2.24) is 19.8 Å². The Morgan fingerprint density at radius 1 is 1.12 bits per heavy atom. The number of imidazole rings is 1. The number of aromatic nitrogens is 2. The number of benzene rings is 1. The van der Waals surface area contributed by atoms with Crippen molar-refractivity contribution >= 4 is 18.1 Å². The molecule has 1 saturated heterocycles. The molecule has 24 heavy (non-hydrogen) atoms. The summed E-state index contributed by atoms with van der Waals surface area (Å²) in [6.07, 6.45) is 6.85. The van der Waals surface area contributed by atoms with Gasteiger partial charge in [-0.1, -0.05) is 31.0 Å². The van der Waals surface area contributed by atoms with Gasteiger partial charge < -0.3 is 15.2 Å². The molecular formula is C18H24N4OS. The normalized spacial score (nSPS) is 15.8. The molecule has 2 N–H and O–H groups in total. The van der Waals surface area contributed by atoms with Crippen molar-refractivity contribution < 1.29 is 4.79 Å². The molecule has 0 unspecified atom stereocenters. The molecule has 5 nitrogen and oxygen atoms in total. The Balaban J connectivity index is 1.62. The Hall–Kier alpha value is -1.92. The van der Waals surface area contributed by atoms with Crippen molar-refractivity contribution in [2.24, 2.45) is 0 Å². The number of nitrogens with zero attached hydrogens (tertiary/aromatic N) is 2. The van der Waals surface area contributed by atoms with E-state index in [0.717, 1.165) is 25.3 Å². The molecule has 1 aliphatic rings. The minimum atomic E-state index is -0.0963. The lowest BCUT2D eigenvalue weighted by atomic mass is 10.2. The van der Waals surface area contributed by atoms with E-state index in [1.165, 1.54) is 25.7 Å². The molecule has 1 aromatic carbocycles. The fourth-order valence-electron chi connectivity index (χ4n) is 3.15. The molecular weight excluding hydrogens is 320 g/mol. The number of amides is 1. The molecule has 1 aliphatic heterocycles. The van der Waals surface area contributed by atoms with Gasteiger partial charge >= 0.3 is 0 Å².